The van der Waals surface area contributed by atoms with Gasteiger partial charge in [-0.25, -0.2) is 0 Å². The van der Waals surface area contributed by atoms with Crippen molar-refractivity contribution in [1.29, 1.82) is 0 Å². The summed E-state index contributed by atoms with van der Waals surface area (Å²) in [6, 6.07) is 0. The van der Waals surface area contributed by atoms with Crippen molar-refractivity contribution in [3.8, 4) is 0 Å². The molecule has 2 heteroatoms. The maximum absolute atomic E-state index is 3.64. The molecule has 0 N–H and O–H groups in total. The lowest BCUT2D eigenvalue weighted by atomic mass is 10.5. The zero-order valence-corrected chi connectivity index (χ0v) is 6.17. The van der Waals surface area contributed by atoms with Crippen LogP contribution in [0.25, 0.3) is 0 Å². The lowest BCUT2D eigenvalue weighted by Crippen LogP contribution is -1.93. The van der Waals surface area contributed by atoms with Gasteiger partial charge in [0.2, 0.25) is 0 Å². The van der Waals surface area contributed by atoms with E-state index in [1.807, 2.05) is 17.2 Å². The Balaban J connectivity index is 2.25. The predicted molar refractivity (Wildman–Crippen MR) is 43.2 cm³/mol. The molecular formula is C6H8S2. The molecule has 8 heavy (non-hydrogen) atoms. The van der Waals surface area contributed by atoms with Crippen LogP contribution in [0.2, 0.25) is 0 Å². The minimum absolute atomic E-state index is 0.692. The second-order valence-electron chi connectivity index (χ2n) is 1.50. The maximum atomic E-state index is 3.64. The van der Waals surface area contributed by atoms with E-state index in [9.17, 15) is 0 Å². The lowest BCUT2D eigenvalue weighted by Gasteiger charge is -1.97. The molecule has 0 spiro atoms. The molecule has 1 rings (SSSR count). The number of hydrogen-bond donors (Lipinski definition) is 0. The van der Waals surface area contributed by atoms with Crippen LogP contribution in [0.3, 0.4) is 0 Å². The summed E-state index contributed by atoms with van der Waals surface area (Å²) in [4.78, 5) is 0. The molecule has 0 saturated carbocycles. The molecule has 0 aliphatic carbocycles. The van der Waals surface area contributed by atoms with Gasteiger partial charge in [0.25, 0.3) is 0 Å². The fraction of sp³-hybridized carbons (Fsp3) is 0.333. The van der Waals surface area contributed by atoms with Crippen molar-refractivity contribution in [2.75, 3.05) is 5.75 Å². The molecule has 1 aliphatic heterocycles. The van der Waals surface area contributed by atoms with Gasteiger partial charge in [0.1, 0.15) is 0 Å². The normalized spacial score (nSPS) is 26.2. The van der Waals surface area contributed by atoms with E-state index >= 15 is 0 Å². The van der Waals surface area contributed by atoms with Crippen LogP contribution >= 0.6 is 23.5 Å². The van der Waals surface area contributed by atoms with E-state index in [-0.39, 0.29) is 0 Å². The third-order valence-corrected chi connectivity index (χ3v) is 2.90. The van der Waals surface area contributed by atoms with Gasteiger partial charge < -0.3 is 0 Å². The molecule has 0 nitrogen and oxygen atoms in total. The Hall–Kier alpha value is 0.180. The SMILES string of the molecule is C=CSC1C=CSC1. The van der Waals surface area contributed by atoms with Crippen LogP contribution in [-0.2, 0) is 0 Å². The Bertz CT molecular complexity index is 107. The first-order chi connectivity index (χ1) is 3.93. The molecule has 44 valence electrons. The van der Waals surface area contributed by atoms with E-state index in [2.05, 4.69) is 18.1 Å². The Labute approximate surface area is 58.4 Å². The van der Waals surface area contributed by atoms with Crippen molar-refractivity contribution in [1.82, 2.24) is 0 Å². The van der Waals surface area contributed by atoms with Gasteiger partial charge in [-0.1, -0.05) is 12.7 Å². The van der Waals surface area contributed by atoms with Gasteiger partial charge in [-0.2, -0.15) is 0 Å². The first-order valence-corrected chi connectivity index (χ1v) is 4.47. The second-order valence-corrected chi connectivity index (χ2v) is 3.65. The van der Waals surface area contributed by atoms with Crippen LogP contribution in [0.4, 0.5) is 0 Å². The molecule has 0 fully saturated rings. The van der Waals surface area contributed by atoms with Crippen LogP contribution in [-0.4, -0.2) is 11.0 Å². The van der Waals surface area contributed by atoms with Crippen LogP contribution in [0.5, 0.6) is 0 Å². The lowest BCUT2D eigenvalue weighted by molar-refractivity contribution is 1.31. The van der Waals surface area contributed by atoms with Crippen molar-refractivity contribution in [3.63, 3.8) is 0 Å². The van der Waals surface area contributed by atoms with Gasteiger partial charge in [0.05, 0.1) is 0 Å². The van der Waals surface area contributed by atoms with Gasteiger partial charge in [-0.3, -0.25) is 0 Å². The van der Waals surface area contributed by atoms with E-state index < -0.39 is 0 Å². The van der Waals surface area contributed by atoms with Crippen molar-refractivity contribution in [3.05, 3.63) is 23.5 Å². The van der Waals surface area contributed by atoms with Crippen molar-refractivity contribution in [2.45, 2.75) is 5.25 Å². The van der Waals surface area contributed by atoms with Crippen LogP contribution in [0, 0.1) is 0 Å². The Morgan fingerprint density at radius 2 is 2.75 bits per heavy atom. The zero-order chi connectivity index (χ0) is 5.82. The van der Waals surface area contributed by atoms with E-state index in [4.69, 9.17) is 0 Å². The van der Waals surface area contributed by atoms with E-state index in [1.54, 1.807) is 11.8 Å². The first-order valence-electron chi connectivity index (χ1n) is 2.48. The van der Waals surface area contributed by atoms with E-state index in [0.717, 1.165) is 0 Å². The zero-order valence-electron chi connectivity index (χ0n) is 4.54. The molecule has 1 aliphatic rings. The summed E-state index contributed by atoms with van der Waals surface area (Å²) in [6.45, 7) is 3.64. The standard InChI is InChI=1S/C6H8S2/c1-2-8-6-3-4-7-5-6/h2-4,6H,1,5H2. The average molecular weight is 144 g/mol. The fourth-order valence-electron chi connectivity index (χ4n) is 0.557. The summed E-state index contributed by atoms with van der Waals surface area (Å²) < 4.78 is 0. The molecule has 1 unspecified atom stereocenters. The minimum atomic E-state index is 0.692. The maximum Gasteiger partial charge on any atom is 0.0370 e. The average Bonchev–Trinajstić information content (AvgIpc) is 2.19. The molecule has 0 aromatic carbocycles. The molecule has 0 aromatic heterocycles. The number of thioether (sulfide) groups is 2. The Kier molecular flexibility index (Phi) is 2.56. The summed E-state index contributed by atoms with van der Waals surface area (Å²) in [6.07, 6.45) is 2.22. The van der Waals surface area contributed by atoms with Gasteiger partial charge >= 0.3 is 0 Å². The summed E-state index contributed by atoms with van der Waals surface area (Å²) in [7, 11) is 0. The molecular weight excluding hydrogens is 136 g/mol. The molecule has 0 radical (unpaired) electrons. The monoisotopic (exact) mass is 144 g/mol. The van der Waals surface area contributed by atoms with Crippen molar-refractivity contribution >= 4 is 23.5 Å². The molecule has 1 heterocycles. The van der Waals surface area contributed by atoms with Crippen LogP contribution < -0.4 is 0 Å². The van der Waals surface area contributed by atoms with Gasteiger partial charge in [0.15, 0.2) is 0 Å². The summed E-state index contributed by atoms with van der Waals surface area (Å²) in [5.74, 6) is 1.22. The number of rotatable bonds is 2. The summed E-state index contributed by atoms with van der Waals surface area (Å²) >= 11 is 3.67. The predicted octanol–water partition coefficient (Wildman–Crippen LogP) is 2.49. The smallest absolute Gasteiger partial charge is 0.0370 e. The van der Waals surface area contributed by atoms with Crippen molar-refractivity contribution in [2.24, 2.45) is 0 Å². The van der Waals surface area contributed by atoms with Gasteiger partial charge in [0, 0.05) is 11.0 Å². The van der Waals surface area contributed by atoms with Gasteiger partial charge in [-0.15, -0.1) is 23.5 Å². The third-order valence-electron chi connectivity index (χ3n) is 0.921. The Morgan fingerprint density at radius 1 is 1.88 bits per heavy atom. The summed E-state index contributed by atoms with van der Waals surface area (Å²) in [5.41, 5.74) is 0. The quantitative estimate of drug-likeness (QED) is 0.584. The Morgan fingerprint density at radius 3 is 3.25 bits per heavy atom. The van der Waals surface area contributed by atoms with Crippen LogP contribution in [0.15, 0.2) is 23.5 Å². The third kappa shape index (κ3) is 1.60. The molecule has 0 bridgehead atoms. The summed E-state index contributed by atoms with van der Waals surface area (Å²) in [5, 5.41) is 4.75. The molecule has 0 saturated heterocycles. The molecule has 0 amide bonds. The second kappa shape index (κ2) is 3.25. The largest absolute Gasteiger partial charge is 0.133 e. The van der Waals surface area contributed by atoms with Crippen molar-refractivity contribution < 1.29 is 0 Å². The topological polar surface area (TPSA) is 0 Å². The van der Waals surface area contributed by atoms with Gasteiger partial charge in [-0.05, 0) is 10.8 Å². The highest BCUT2D eigenvalue weighted by molar-refractivity contribution is 8.06. The minimum Gasteiger partial charge on any atom is -0.133 e. The highest BCUT2D eigenvalue weighted by Gasteiger charge is 2.06. The highest BCUT2D eigenvalue weighted by Crippen LogP contribution is 2.25. The molecule has 0 aromatic rings. The highest BCUT2D eigenvalue weighted by atomic mass is 32.2. The fourth-order valence-corrected chi connectivity index (χ4v) is 2.34. The first kappa shape index (κ1) is 6.30. The molecule has 1 atom stereocenters. The van der Waals surface area contributed by atoms with E-state index in [0.29, 0.717) is 5.25 Å². The van der Waals surface area contributed by atoms with Crippen LogP contribution in [0.1, 0.15) is 0 Å². The number of hydrogen-bond acceptors (Lipinski definition) is 2. The van der Waals surface area contributed by atoms with E-state index in [1.165, 1.54) is 5.75 Å².